The minimum Gasteiger partial charge on any atom is -0.369 e. The number of rotatable bonds is 2. The first-order chi connectivity index (χ1) is 6.24. The fraction of sp³-hybridized carbons (Fsp3) is 0.222. The van der Waals surface area contributed by atoms with Gasteiger partial charge >= 0.3 is 0 Å². The van der Waals surface area contributed by atoms with E-state index in [1.165, 1.54) is 0 Å². The predicted molar refractivity (Wildman–Crippen MR) is 50.8 cm³/mol. The molecule has 13 heavy (non-hydrogen) atoms. The first kappa shape index (κ1) is 9.20. The van der Waals surface area contributed by atoms with Gasteiger partial charge < -0.3 is 4.90 Å². The smallest absolute Gasteiger partial charge is 0.171 e. The van der Waals surface area contributed by atoms with Crippen molar-refractivity contribution in [3.05, 3.63) is 23.9 Å². The topological polar surface area (TPSA) is 52.3 Å². The van der Waals surface area contributed by atoms with E-state index in [0.29, 0.717) is 11.4 Å². The van der Waals surface area contributed by atoms with Crippen LogP contribution in [0.2, 0.25) is 0 Å². The summed E-state index contributed by atoms with van der Waals surface area (Å²) < 4.78 is 0. The monoisotopic (exact) mass is 174 g/mol. The molecule has 0 saturated carbocycles. The lowest BCUT2D eigenvalue weighted by Gasteiger charge is -2.01. The van der Waals surface area contributed by atoms with Crippen LogP contribution in [-0.4, -0.2) is 30.3 Å². The van der Waals surface area contributed by atoms with E-state index in [1.54, 1.807) is 29.6 Å². The van der Waals surface area contributed by atoms with Gasteiger partial charge in [0.1, 0.15) is 6.07 Å². The first-order valence-corrected chi connectivity index (χ1v) is 3.80. The molecule has 1 heterocycles. The highest BCUT2D eigenvalue weighted by Crippen LogP contribution is 2.12. The highest BCUT2D eigenvalue weighted by Gasteiger charge is 1.97. The SMILES string of the molecule is CN(C)/C=N\c1ncccc1C#N. The number of nitriles is 1. The van der Waals surface area contributed by atoms with Crippen LogP contribution in [0.25, 0.3) is 0 Å². The summed E-state index contributed by atoms with van der Waals surface area (Å²) in [5.74, 6) is 0.457. The molecule has 4 heteroatoms. The molecule has 0 aliphatic carbocycles. The highest BCUT2D eigenvalue weighted by molar-refractivity contribution is 5.62. The van der Waals surface area contributed by atoms with Crippen molar-refractivity contribution in [2.75, 3.05) is 14.1 Å². The summed E-state index contributed by atoms with van der Waals surface area (Å²) in [5, 5.41) is 8.71. The van der Waals surface area contributed by atoms with Gasteiger partial charge in [0.2, 0.25) is 0 Å². The molecule has 0 atom stereocenters. The normalized spacial score (nSPS) is 9.92. The van der Waals surface area contributed by atoms with Crippen molar-refractivity contribution < 1.29 is 0 Å². The molecule has 0 aromatic carbocycles. The van der Waals surface area contributed by atoms with Crippen molar-refractivity contribution in [1.82, 2.24) is 9.88 Å². The molecule has 0 fully saturated rings. The molecule has 1 rings (SSSR count). The Morgan fingerprint density at radius 1 is 1.62 bits per heavy atom. The van der Waals surface area contributed by atoms with Gasteiger partial charge in [0.25, 0.3) is 0 Å². The maximum absolute atomic E-state index is 8.71. The lowest BCUT2D eigenvalue weighted by Crippen LogP contribution is -2.07. The number of hydrogen-bond acceptors (Lipinski definition) is 3. The summed E-state index contributed by atoms with van der Waals surface area (Å²) in [6.45, 7) is 0. The van der Waals surface area contributed by atoms with E-state index in [-0.39, 0.29) is 0 Å². The Labute approximate surface area is 77.2 Å². The molecule has 0 saturated heterocycles. The number of pyridine rings is 1. The molecule has 1 aromatic rings. The molecule has 0 amide bonds. The third kappa shape index (κ3) is 2.56. The van der Waals surface area contributed by atoms with Crippen LogP contribution >= 0.6 is 0 Å². The van der Waals surface area contributed by atoms with Crippen LogP contribution in [0, 0.1) is 11.3 Å². The van der Waals surface area contributed by atoms with Crippen LogP contribution in [0.3, 0.4) is 0 Å². The molecule has 0 radical (unpaired) electrons. The summed E-state index contributed by atoms with van der Waals surface area (Å²) in [6, 6.07) is 5.43. The zero-order valence-electron chi connectivity index (χ0n) is 7.60. The summed E-state index contributed by atoms with van der Waals surface area (Å²) in [7, 11) is 3.72. The van der Waals surface area contributed by atoms with E-state index in [9.17, 15) is 0 Å². The molecule has 0 spiro atoms. The van der Waals surface area contributed by atoms with E-state index in [1.807, 2.05) is 20.2 Å². The summed E-state index contributed by atoms with van der Waals surface area (Å²) >= 11 is 0. The van der Waals surface area contributed by atoms with Gasteiger partial charge in [-0.1, -0.05) is 0 Å². The second kappa shape index (κ2) is 4.21. The molecular formula is C9H10N4. The number of aliphatic imine (C=N–C) groups is 1. The number of nitrogens with zero attached hydrogens (tertiary/aromatic N) is 4. The zero-order valence-corrected chi connectivity index (χ0v) is 7.60. The summed E-state index contributed by atoms with van der Waals surface area (Å²) in [5.41, 5.74) is 0.487. The Morgan fingerprint density at radius 3 is 3.00 bits per heavy atom. The van der Waals surface area contributed by atoms with Gasteiger partial charge in [0.15, 0.2) is 5.82 Å². The van der Waals surface area contributed by atoms with Crippen LogP contribution in [-0.2, 0) is 0 Å². The van der Waals surface area contributed by atoms with Gasteiger partial charge in [0, 0.05) is 20.3 Å². The zero-order chi connectivity index (χ0) is 9.68. The van der Waals surface area contributed by atoms with E-state index in [2.05, 4.69) is 9.98 Å². The molecule has 0 N–H and O–H groups in total. The molecule has 66 valence electrons. The van der Waals surface area contributed by atoms with Gasteiger partial charge in [-0.3, -0.25) is 0 Å². The predicted octanol–water partition coefficient (Wildman–Crippen LogP) is 1.17. The Hall–Kier alpha value is -1.89. The number of aromatic nitrogens is 1. The molecular weight excluding hydrogens is 164 g/mol. The summed E-state index contributed by atoms with van der Waals surface area (Å²) in [6.07, 6.45) is 3.23. The van der Waals surface area contributed by atoms with Crippen LogP contribution in [0.4, 0.5) is 5.82 Å². The van der Waals surface area contributed by atoms with Crippen LogP contribution in [0.5, 0.6) is 0 Å². The maximum atomic E-state index is 8.71. The van der Waals surface area contributed by atoms with Crippen molar-refractivity contribution in [3.8, 4) is 6.07 Å². The third-order valence-corrected chi connectivity index (χ3v) is 1.32. The maximum Gasteiger partial charge on any atom is 0.171 e. The fourth-order valence-electron chi connectivity index (χ4n) is 0.757. The standard InChI is InChI=1S/C9H10N4/c1-13(2)7-12-9-8(6-10)4-3-5-11-9/h3-5,7H,1-2H3/b12-7-. The van der Waals surface area contributed by atoms with Crippen LogP contribution < -0.4 is 0 Å². The Kier molecular flexibility index (Phi) is 2.98. The highest BCUT2D eigenvalue weighted by atomic mass is 15.1. The molecule has 0 aliphatic heterocycles. The molecule has 0 aliphatic rings. The van der Waals surface area contributed by atoms with Gasteiger partial charge in [0.05, 0.1) is 11.9 Å². The Morgan fingerprint density at radius 2 is 2.38 bits per heavy atom. The molecule has 0 bridgehead atoms. The van der Waals surface area contributed by atoms with Crippen LogP contribution in [0.1, 0.15) is 5.56 Å². The Bertz CT molecular complexity index is 349. The van der Waals surface area contributed by atoms with E-state index in [4.69, 9.17) is 5.26 Å². The fourth-order valence-corrected chi connectivity index (χ4v) is 0.757. The van der Waals surface area contributed by atoms with Crippen molar-refractivity contribution in [3.63, 3.8) is 0 Å². The quantitative estimate of drug-likeness (QED) is 0.499. The largest absolute Gasteiger partial charge is 0.369 e. The molecule has 4 nitrogen and oxygen atoms in total. The van der Waals surface area contributed by atoms with Gasteiger partial charge in [-0.15, -0.1) is 0 Å². The average molecular weight is 174 g/mol. The van der Waals surface area contributed by atoms with Gasteiger partial charge in [-0.2, -0.15) is 5.26 Å². The second-order valence-electron chi connectivity index (χ2n) is 2.69. The second-order valence-corrected chi connectivity index (χ2v) is 2.69. The van der Waals surface area contributed by atoms with Crippen molar-refractivity contribution in [1.29, 1.82) is 5.26 Å². The van der Waals surface area contributed by atoms with Crippen molar-refractivity contribution in [2.45, 2.75) is 0 Å². The van der Waals surface area contributed by atoms with Crippen molar-refractivity contribution in [2.24, 2.45) is 4.99 Å². The molecule has 0 unspecified atom stereocenters. The third-order valence-electron chi connectivity index (χ3n) is 1.32. The number of hydrogen-bond donors (Lipinski definition) is 0. The van der Waals surface area contributed by atoms with Crippen molar-refractivity contribution >= 4 is 12.2 Å². The van der Waals surface area contributed by atoms with E-state index >= 15 is 0 Å². The van der Waals surface area contributed by atoms with Gasteiger partial charge in [-0.05, 0) is 12.1 Å². The average Bonchev–Trinajstić information content (AvgIpc) is 2.15. The van der Waals surface area contributed by atoms with Gasteiger partial charge in [-0.25, -0.2) is 9.98 Å². The summed E-state index contributed by atoms with van der Waals surface area (Å²) in [4.78, 5) is 9.81. The van der Waals surface area contributed by atoms with E-state index < -0.39 is 0 Å². The lowest BCUT2D eigenvalue weighted by molar-refractivity contribution is 0.643. The lowest BCUT2D eigenvalue weighted by atomic mass is 10.3. The molecule has 1 aromatic heterocycles. The van der Waals surface area contributed by atoms with E-state index in [0.717, 1.165) is 0 Å². The van der Waals surface area contributed by atoms with Crippen LogP contribution in [0.15, 0.2) is 23.3 Å². The minimum absolute atomic E-state index is 0.457. The Balaban J connectivity index is 2.95. The first-order valence-electron chi connectivity index (χ1n) is 3.80. The minimum atomic E-state index is 0.457.